The van der Waals surface area contributed by atoms with E-state index < -0.39 is 5.54 Å². The van der Waals surface area contributed by atoms with E-state index in [-0.39, 0.29) is 22.8 Å². The summed E-state index contributed by atoms with van der Waals surface area (Å²) >= 11 is 6.52. The number of anilines is 2. The zero-order chi connectivity index (χ0) is 24.9. The molecule has 1 aliphatic heterocycles. The number of ketones is 1. The van der Waals surface area contributed by atoms with Crippen molar-refractivity contribution in [2.75, 3.05) is 10.6 Å². The van der Waals surface area contributed by atoms with E-state index in [1.165, 1.54) is 0 Å². The Morgan fingerprint density at radius 1 is 1.17 bits per heavy atom. The van der Waals surface area contributed by atoms with Crippen LogP contribution in [0.25, 0.3) is 15.9 Å². The number of hydrogen-bond donors (Lipinski definition) is 3. The number of halogens is 1. The third kappa shape index (κ3) is 3.56. The molecule has 1 aliphatic carbocycles. The summed E-state index contributed by atoms with van der Waals surface area (Å²) in [6.45, 7) is 7.39. The van der Waals surface area contributed by atoms with E-state index in [1.54, 1.807) is 30.6 Å². The van der Waals surface area contributed by atoms with Gasteiger partial charge in [-0.25, -0.2) is 11.6 Å². The number of fused-ring (bicyclic) bond motifs is 3. The standard InChI is InChI=1S/C27H20ClN5O3/c1-29-15-9-10-27(12-15)26(35)32-21-14-31-25-22(23(21)33-27)19(13-30-25)24(34)18-8-7-17(11-20(18)28)36-16-5-3-2-4-6-16/h2-8,11,13-15,33H,9-10,12H2,(H,30,31)(H,32,35)/t15-,27-/m1/s1. The molecule has 3 heterocycles. The van der Waals surface area contributed by atoms with Gasteiger partial charge < -0.3 is 25.2 Å². The van der Waals surface area contributed by atoms with Gasteiger partial charge in [-0.05, 0) is 30.7 Å². The van der Waals surface area contributed by atoms with Gasteiger partial charge in [0, 0.05) is 24.2 Å². The van der Waals surface area contributed by atoms with Crippen molar-refractivity contribution >= 4 is 45.7 Å². The second-order valence-electron chi connectivity index (χ2n) is 9.05. The summed E-state index contributed by atoms with van der Waals surface area (Å²) in [5.41, 5.74) is 1.44. The van der Waals surface area contributed by atoms with Crippen molar-refractivity contribution in [2.45, 2.75) is 30.8 Å². The number of rotatable bonds is 4. The molecule has 6 rings (SSSR count). The van der Waals surface area contributed by atoms with Crippen LogP contribution in [0.1, 0.15) is 35.2 Å². The molecule has 0 radical (unpaired) electrons. The molecule has 3 N–H and O–H groups in total. The lowest BCUT2D eigenvalue weighted by Gasteiger charge is -2.35. The minimum Gasteiger partial charge on any atom is -0.457 e. The maximum absolute atomic E-state index is 13.6. The Hall–Kier alpha value is -4.35. The summed E-state index contributed by atoms with van der Waals surface area (Å²) in [5.74, 6) is 0.715. The number of nitrogens with zero attached hydrogens (tertiary/aromatic N) is 2. The number of hydrogen-bond acceptors (Lipinski definition) is 5. The Morgan fingerprint density at radius 3 is 2.75 bits per heavy atom. The average Bonchev–Trinajstić information content (AvgIpc) is 3.51. The highest BCUT2D eigenvalue weighted by Gasteiger charge is 2.51. The number of ether oxygens (including phenoxy) is 1. The van der Waals surface area contributed by atoms with Crippen LogP contribution in [0.3, 0.4) is 0 Å². The number of para-hydroxylation sites is 1. The number of carbonyl (C=O) groups excluding carboxylic acids is 2. The fourth-order valence-corrected chi connectivity index (χ4v) is 5.26. The lowest BCUT2D eigenvalue weighted by molar-refractivity contribution is -0.120. The van der Waals surface area contributed by atoms with Crippen LogP contribution >= 0.6 is 11.6 Å². The fourth-order valence-electron chi connectivity index (χ4n) is 5.00. The summed E-state index contributed by atoms with van der Waals surface area (Å²) in [6.07, 6.45) is 4.75. The summed E-state index contributed by atoms with van der Waals surface area (Å²) in [7, 11) is 0. The smallest absolute Gasteiger partial charge is 0.250 e. The van der Waals surface area contributed by atoms with E-state index in [0.29, 0.717) is 64.3 Å². The molecule has 1 spiro atoms. The highest BCUT2D eigenvalue weighted by molar-refractivity contribution is 6.36. The van der Waals surface area contributed by atoms with Gasteiger partial charge in [-0.2, -0.15) is 0 Å². The molecule has 1 amide bonds. The molecule has 9 heteroatoms. The number of pyridine rings is 1. The minimum atomic E-state index is -0.887. The lowest BCUT2D eigenvalue weighted by Crippen LogP contribution is -2.51. The van der Waals surface area contributed by atoms with Crippen molar-refractivity contribution in [3.8, 4) is 11.5 Å². The molecular formula is C27H20ClN5O3. The summed E-state index contributed by atoms with van der Waals surface area (Å²) < 4.78 is 5.83. The molecule has 2 aromatic carbocycles. The second kappa shape index (κ2) is 8.40. The van der Waals surface area contributed by atoms with Crippen LogP contribution in [-0.4, -0.2) is 33.2 Å². The predicted octanol–water partition coefficient (Wildman–Crippen LogP) is 5.81. The SMILES string of the molecule is [C-]#[N+][C@@H]1CC[C@]2(C1)Nc1c(cnc3[nH]cc(C(=O)c4ccc(Oc5ccccc5)cc4Cl)c13)NC2=O. The van der Waals surface area contributed by atoms with Gasteiger partial charge in [0.1, 0.15) is 22.7 Å². The molecule has 0 saturated heterocycles. The predicted molar refractivity (Wildman–Crippen MR) is 137 cm³/mol. The van der Waals surface area contributed by atoms with E-state index in [1.807, 2.05) is 30.3 Å². The highest BCUT2D eigenvalue weighted by atomic mass is 35.5. The van der Waals surface area contributed by atoms with Gasteiger partial charge in [0.15, 0.2) is 5.78 Å². The monoisotopic (exact) mass is 497 g/mol. The molecule has 0 bridgehead atoms. The first kappa shape index (κ1) is 22.1. The Morgan fingerprint density at radius 2 is 2.00 bits per heavy atom. The number of benzene rings is 2. The van der Waals surface area contributed by atoms with Crippen LogP contribution in [0.4, 0.5) is 11.4 Å². The van der Waals surface area contributed by atoms with Gasteiger partial charge in [0.25, 0.3) is 0 Å². The minimum absolute atomic E-state index is 0.178. The van der Waals surface area contributed by atoms with E-state index in [2.05, 4.69) is 25.4 Å². The first-order valence-electron chi connectivity index (χ1n) is 11.5. The van der Waals surface area contributed by atoms with Crippen molar-refractivity contribution in [1.82, 2.24) is 9.97 Å². The van der Waals surface area contributed by atoms with E-state index in [0.717, 1.165) is 0 Å². The number of H-pyrrole nitrogens is 1. The molecular weight excluding hydrogens is 478 g/mol. The normalized spacial score (nSPS) is 20.4. The zero-order valence-electron chi connectivity index (χ0n) is 19.0. The molecule has 178 valence electrons. The Labute approximate surface area is 211 Å². The highest BCUT2D eigenvalue weighted by Crippen LogP contribution is 2.44. The largest absolute Gasteiger partial charge is 0.457 e. The van der Waals surface area contributed by atoms with Gasteiger partial charge >= 0.3 is 0 Å². The molecule has 1 saturated carbocycles. The number of nitrogens with one attached hydrogen (secondary N) is 3. The number of amides is 1. The first-order valence-corrected chi connectivity index (χ1v) is 11.9. The van der Waals surface area contributed by atoms with Crippen molar-refractivity contribution in [2.24, 2.45) is 0 Å². The maximum atomic E-state index is 13.6. The Kier molecular flexibility index (Phi) is 5.16. The van der Waals surface area contributed by atoms with Crippen molar-refractivity contribution < 1.29 is 14.3 Å². The van der Waals surface area contributed by atoms with Crippen LogP contribution in [0.5, 0.6) is 11.5 Å². The quantitative estimate of drug-likeness (QED) is 0.244. The Bertz CT molecular complexity index is 1580. The Balaban J connectivity index is 1.37. The van der Waals surface area contributed by atoms with E-state index in [4.69, 9.17) is 22.9 Å². The van der Waals surface area contributed by atoms with Crippen molar-refractivity contribution in [3.63, 3.8) is 0 Å². The van der Waals surface area contributed by atoms with Gasteiger partial charge in [-0.1, -0.05) is 29.8 Å². The number of aromatic nitrogens is 2. The zero-order valence-corrected chi connectivity index (χ0v) is 19.7. The van der Waals surface area contributed by atoms with Gasteiger partial charge in [-0.15, -0.1) is 0 Å². The van der Waals surface area contributed by atoms with Crippen molar-refractivity contribution in [1.29, 1.82) is 0 Å². The van der Waals surface area contributed by atoms with Crippen LogP contribution in [-0.2, 0) is 4.79 Å². The van der Waals surface area contributed by atoms with Gasteiger partial charge in [0.2, 0.25) is 11.9 Å². The summed E-state index contributed by atoms with van der Waals surface area (Å²) in [5, 5.41) is 7.16. The number of aromatic amines is 1. The number of carbonyl (C=O) groups is 2. The fraction of sp³-hybridized carbons (Fsp3) is 0.185. The van der Waals surface area contributed by atoms with Crippen LogP contribution in [0.2, 0.25) is 5.02 Å². The molecule has 0 unspecified atom stereocenters. The van der Waals surface area contributed by atoms with Crippen LogP contribution < -0.4 is 15.4 Å². The molecule has 36 heavy (non-hydrogen) atoms. The molecule has 8 nitrogen and oxygen atoms in total. The van der Waals surface area contributed by atoms with E-state index >= 15 is 0 Å². The van der Waals surface area contributed by atoms with Gasteiger partial charge in [0.05, 0.1) is 40.0 Å². The molecule has 2 aromatic heterocycles. The van der Waals surface area contributed by atoms with Crippen molar-refractivity contribution in [3.05, 3.63) is 88.5 Å². The van der Waals surface area contributed by atoms with Gasteiger partial charge in [-0.3, -0.25) is 9.59 Å². The molecule has 2 aliphatic rings. The van der Waals surface area contributed by atoms with E-state index in [9.17, 15) is 9.59 Å². The van der Waals surface area contributed by atoms with Crippen LogP contribution in [0.15, 0.2) is 60.9 Å². The average molecular weight is 498 g/mol. The summed E-state index contributed by atoms with van der Waals surface area (Å²) in [4.78, 5) is 37.7. The lowest BCUT2D eigenvalue weighted by atomic mass is 9.91. The molecule has 1 fully saturated rings. The second-order valence-corrected chi connectivity index (χ2v) is 9.45. The maximum Gasteiger partial charge on any atom is 0.250 e. The molecule has 4 aromatic rings. The third-order valence-corrected chi connectivity index (χ3v) is 7.14. The summed E-state index contributed by atoms with van der Waals surface area (Å²) in [6, 6.07) is 14.0. The topological polar surface area (TPSA) is 100 Å². The first-order chi connectivity index (χ1) is 17.5. The molecule has 2 atom stereocenters. The third-order valence-electron chi connectivity index (χ3n) is 6.83. The van der Waals surface area contributed by atoms with Crippen LogP contribution in [0, 0.1) is 6.57 Å².